The quantitative estimate of drug-likeness (QED) is 0.453. The summed E-state index contributed by atoms with van der Waals surface area (Å²) in [4.78, 5) is 20.9. The summed E-state index contributed by atoms with van der Waals surface area (Å²) in [6.45, 7) is 2.72. The number of carbonyl (C=O) groups is 1. The summed E-state index contributed by atoms with van der Waals surface area (Å²) in [5.74, 6) is 1.98. The average molecular weight is 388 g/mol. The van der Waals surface area contributed by atoms with Crippen molar-refractivity contribution in [3.8, 4) is 5.75 Å². The summed E-state index contributed by atoms with van der Waals surface area (Å²) in [5.41, 5.74) is 3.02. The first-order valence-electron chi connectivity index (χ1n) is 8.27. The van der Waals surface area contributed by atoms with Crippen molar-refractivity contribution in [3.05, 3.63) is 48.0 Å². The van der Waals surface area contributed by atoms with E-state index < -0.39 is 0 Å². The van der Waals surface area contributed by atoms with E-state index in [2.05, 4.69) is 46.5 Å². The van der Waals surface area contributed by atoms with E-state index in [0.717, 1.165) is 27.7 Å². The van der Waals surface area contributed by atoms with Gasteiger partial charge in [0.15, 0.2) is 5.16 Å². The molecule has 0 aliphatic rings. The zero-order valence-electron chi connectivity index (χ0n) is 14.7. The average Bonchev–Trinajstić information content (AvgIpc) is 3.07. The number of fused-ring (bicyclic) bond motifs is 1. The number of aromatic nitrogens is 2. The molecule has 26 heavy (non-hydrogen) atoms. The smallest absolute Gasteiger partial charge is 0.230 e. The van der Waals surface area contributed by atoms with Crippen LogP contribution in [0, 0.1) is 6.92 Å². The number of carbonyl (C=O) groups excluding carboxylic acids is 1. The van der Waals surface area contributed by atoms with Gasteiger partial charge in [0, 0.05) is 23.3 Å². The Morgan fingerprint density at radius 3 is 2.77 bits per heavy atom. The lowest BCUT2D eigenvalue weighted by Gasteiger charge is -2.05. The minimum Gasteiger partial charge on any atom is -0.497 e. The third kappa shape index (κ3) is 5.19. The van der Waals surface area contributed by atoms with Crippen LogP contribution in [-0.4, -0.2) is 41.0 Å². The maximum Gasteiger partial charge on any atom is 0.230 e. The summed E-state index contributed by atoms with van der Waals surface area (Å²) in [6.07, 6.45) is 0. The van der Waals surface area contributed by atoms with Gasteiger partial charge in [-0.2, -0.15) is 0 Å². The molecule has 0 saturated carbocycles. The van der Waals surface area contributed by atoms with Gasteiger partial charge in [-0.05, 0) is 31.2 Å². The second-order valence-electron chi connectivity index (χ2n) is 5.73. The van der Waals surface area contributed by atoms with Gasteiger partial charge in [0.2, 0.25) is 5.91 Å². The number of aromatic amines is 1. The van der Waals surface area contributed by atoms with Crippen molar-refractivity contribution in [2.75, 3.05) is 25.2 Å². The van der Waals surface area contributed by atoms with E-state index in [0.29, 0.717) is 12.3 Å². The molecule has 3 rings (SSSR count). The molecule has 0 aliphatic heterocycles. The van der Waals surface area contributed by atoms with Gasteiger partial charge >= 0.3 is 0 Å². The summed E-state index contributed by atoms with van der Waals surface area (Å²) >= 11 is 3.14. The summed E-state index contributed by atoms with van der Waals surface area (Å²) in [5, 5.41) is 3.68. The Bertz CT molecular complexity index is 878. The maximum absolute atomic E-state index is 12.0. The fourth-order valence-electron chi connectivity index (χ4n) is 2.34. The number of amides is 1. The van der Waals surface area contributed by atoms with E-state index in [1.165, 1.54) is 22.2 Å². The van der Waals surface area contributed by atoms with Crippen molar-refractivity contribution in [1.29, 1.82) is 0 Å². The number of rotatable bonds is 8. The number of thioether (sulfide) groups is 2. The number of imidazole rings is 1. The Balaban J connectivity index is 1.40. The van der Waals surface area contributed by atoms with Crippen LogP contribution in [0.4, 0.5) is 0 Å². The molecule has 1 heterocycles. The highest BCUT2D eigenvalue weighted by Crippen LogP contribution is 2.23. The molecule has 0 unspecified atom stereocenters. The van der Waals surface area contributed by atoms with Crippen LogP contribution in [0.2, 0.25) is 0 Å². The summed E-state index contributed by atoms with van der Waals surface area (Å²) < 4.78 is 5.20. The third-order valence-corrected chi connectivity index (χ3v) is 5.61. The van der Waals surface area contributed by atoms with E-state index in [9.17, 15) is 4.79 Å². The Kier molecular flexibility index (Phi) is 6.46. The summed E-state index contributed by atoms with van der Waals surface area (Å²) in [6, 6.07) is 14.1. The molecule has 0 saturated heterocycles. The number of hydrogen-bond donors (Lipinski definition) is 2. The maximum atomic E-state index is 12.0. The molecule has 7 heteroatoms. The van der Waals surface area contributed by atoms with Crippen LogP contribution in [-0.2, 0) is 4.79 Å². The molecule has 0 bridgehead atoms. The van der Waals surface area contributed by atoms with E-state index >= 15 is 0 Å². The number of methoxy groups -OCH3 is 1. The lowest BCUT2D eigenvalue weighted by Crippen LogP contribution is -2.27. The predicted octanol–water partition coefficient (Wildman–Crippen LogP) is 3.88. The number of nitrogens with zero attached hydrogens (tertiary/aromatic N) is 1. The standard InChI is InChI=1S/C19H21N3O2S2/c1-13-3-6-15(7-4-13)25-10-9-20-18(23)12-26-19-21-16-8-5-14(24-2)11-17(16)22-19/h3-8,11H,9-10,12H2,1-2H3,(H,20,23)(H,21,22). The Morgan fingerprint density at radius 1 is 1.19 bits per heavy atom. The molecule has 0 aliphatic carbocycles. The van der Waals surface area contributed by atoms with E-state index in [4.69, 9.17) is 4.74 Å². The third-order valence-electron chi connectivity index (χ3n) is 3.72. The van der Waals surface area contributed by atoms with E-state index in [1.807, 2.05) is 18.2 Å². The molecule has 0 spiro atoms. The van der Waals surface area contributed by atoms with Crippen molar-refractivity contribution < 1.29 is 9.53 Å². The topological polar surface area (TPSA) is 67.0 Å². The largest absolute Gasteiger partial charge is 0.497 e. The number of aryl methyl sites for hydroxylation is 1. The molecule has 1 aromatic heterocycles. The van der Waals surface area contributed by atoms with Gasteiger partial charge in [-0.15, -0.1) is 11.8 Å². The van der Waals surface area contributed by atoms with Crippen LogP contribution in [0.1, 0.15) is 5.56 Å². The van der Waals surface area contributed by atoms with Gasteiger partial charge in [0.05, 0.1) is 23.9 Å². The second-order valence-corrected chi connectivity index (χ2v) is 7.86. The number of benzene rings is 2. The van der Waals surface area contributed by atoms with Crippen LogP contribution in [0.15, 0.2) is 52.5 Å². The zero-order valence-corrected chi connectivity index (χ0v) is 16.4. The highest BCUT2D eigenvalue weighted by atomic mass is 32.2. The monoisotopic (exact) mass is 387 g/mol. The van der Waals surface area contributed by atoms with Crippen LogP contribution in [0.25, 0.3) is 11.0 Å². The molecule has 136 valence electrons. The van der Waals surface area contributed by atoms with Gasteiger partial charge in [0.1, 0.15) is 5.75 Å². The van der Waals surface area contributed by atoms with Crippen LogP contribution >= 0.6 is 23.5 Å². The molecule has 5 nitrogen and oxygen atoms in total. The van der Waals surface area contributed by atoms with Gasteiger partial charge in [-0.3, -0.25) is 4.79 Å². The highest BCUT2D eigenvalue weighted by Gasteiger charge is 2.07. The van der Waals surface area contributed by atoms with E-state index in [1.54, 1.807) is 18.9 Å². The number of nitrogens with one attached hydrogen (secondary N) is 2. The zero-order chi connectivity index (χ0) is 18.4. The fourth-order valence-corrected chi connectivity index (χ4v) is 3.82. The molecule has 2 N–H and O–H groups in total. The van der Waals surface area contributed by atoms with Crippen molar-refractivity contribution in [3.63, 3.8) is 0 Å². The van der Waals surface area contributed by atoms with Gasteiger partial charge < -0.3 is 15.0 Å². The Morgan fingerprint density at radius 2 is 2.00 bits per heavy atom. The first kappa shape index (κ1) is 18.7. The minimum atomic E-state index is 0.0116. The molecule has 0 atom stereocenters. The molecule has 0 radical (unpaired) electrons. The Hall–Kier alpha value is -2.12. The molecular weight excluding hydrogens is 366 g/mol. The molecular formula is C19H21N3O2S2. The van der Waals surface area contributed by atoms with Gasteiger partial charge in [-0.1, -0.05) is 29.5 Å². The SMILES string of the molecule is COc1ccc2nc(SCC(=O)NCCSc3ccc(C)cc3)[nH]c2c1. The van der Waals surface area contributed by atoms with Crippen molar-refractivity contribution in [2.24, 2.45) is 0 Å². The summed E-state index contributed by atoms with van der Waals surface area (Å²) in [7, 11) is 1.63. The lowest BCUT2D eigenvalue weighted by molar-refractivity contribution is -0.118. The van der Waals surface area contributed by atoms with Crippen LogP contribution in [0.3, 0.4) is 0 Å². The van der Waals surface area contributed by atoms with Gasteiger partial charge in [0.25, 0.3) is 0 Å². The van der Waals surface area contributed by atoms with E-state index in [-0.39, 0.29) is 5.91 Å². The van der Waals surface area contributed by atoms with Crippen molar-refractivity contribution in [2.45, 2.75) is 17.0 Å². The lowest BCUT2D eigenvalue weighted by atomic mass is 10.2. The molecule has 0 fully saturated rings. The minimum absolute atomic E-state index is 0.0116. The van der Waals surface area contributed by atoms with Crippen molar-refractivity contribution >= 4 is 40.5 Å². The fraction of sp³-hybridized carbons (Fsp3) is 0.263. The first-order valence-corrected chi connectivity index (χ1v) is 10.2. The molecule has 3 aromatic rings. The molecule has 1 amide bonds. The number of H-pyrrole nitrogens is 1. The van der Waals surface area contributed by atoms with Crippen LogP contribution < -0.4 is 10.1 Å². The second kappa shape index (κ2) is 9.00. The molecule has 2 aromatic carbocycles. The van der Waals surface area contributed by atoms with Crippen molar-refractivity contribution in [1.82, 2.24) is 15.3 Å². The highest BCUT2D eigenvalue weighted by molar-refractivity contribution is 7.99. The normalized spacial score (nSPS) is 10.8. The predicted molar refractivity (Wildman–Crippen MR) is 108 cm³/mol. The van der Waals surface area contributed by atoms with Crippen LogP contribution in [0.5, 0.6) is 5.75 Å². The van der Waals surface area contributed by atoms with Gasteiger partial charge in [-0.25, -0.2) is 4.98 Å². The first-order chi connectivity index (χ1) is 12.6. The number of hydrogen-bond acceptors (Lipinski definition) is 5. The Labute approximate surface area is 161 Å². The number of ether oxygens (including phenoxy) is 1.